The number of anilines is 1. The maximum Gasteiger partial charge on any atom is 0.223 e. The molecule has 1 amide bonds. The number of pyridine rings is 1. The van der Waals surface area contributed by atoms with E-state index in [4.69, 9.17) is 20.2 Å². The molecule has 0 saturated heterocycles. The van der Waals surface area contributed by atoms with Crippen molar-refractivity contribution in [1.82, 2.24) is 19.9 Å². The zero-order valence-corrected chi connectivity index (χ0v) is 19.9. The van der Waals surface area contributed by atoms with Crippen molar-refractivity contribution in [1.29, 1.82) is 0 Å². The van der Waals surface area contributed by atoms with Crippen molar-refractivity contribution in [3.63, 3.8) is 0 Å². The lowest BCUT2D eigenvalue weighted by Crippen LogP contribution is -2.49. The summed E-state index contributed by atoms with van der Waals surface area (Å²) in [6.07, 6.45) is 5.43. The second-order valence-electron chi connectivity index (χ2n) is 9.49. The third-order valence-electron chi connectivity index (χ3n) is 6.28. The number of fused-ring (bicyclic) bond motifs is 3. The van der Waals surface area contributed by atoms with E-state index < -0.39 is 5.54 Å². The predicted octanol–water partition coefficient (Wildman–Crippen LogP) is 4.15. The summed E-state index contributed by atoms with van der Waals surface area (Å²) in [5.74, 6) is 1.36. The van der Waals surface area contributed by atoms with Crippen molar-refractivity contribution >= 4 is 33.7 Å². The van der Waals surface area contributed by atoms with Gasteiger partial charge in [0.15, 0.2) is 5.82 Å². The largest absolute Gasteiger partial charge is 0.382 e. The normalized spacial score (nSPS) is 15.4. The van der Waals surface area contributed by atoms with Crippen molar-refractivity contribution in [2.24, 2.45) is 5.92 Å². The molecule has 0 atom stereocenters. The van der Waals surface area contributed by atoms with Crippen LogP contribution in [0.5, 0.6) is 0 Å². The summed E-state index contributed by atoms with van der Waals surface area (Å²) in [6.45, 7) is 7.61. The average Bonchev–Trinajstić information content (AvgIpc) is 3.15. The highest BCUT2D eigenvalue weighted by Gasteiger charge is 2.29. The second kappa shape index (κ2) is 10.1. The summed E-state index contributed by atoms with van der Waals surface area (Å²) in [6, 6.07) is 7.91. The number of benzene rings is 1. The highest BCUT2D eigenvalue weighted by atomic mass is 16.7. The Morgan fingerprint density at radius 2 is 1.94 bits per heavy atom. The number of ether oxygens (including phenoxy) is 2. The molecule has 33 heavy (non-hydrogen) atoms. The zero-order chi connectivity index (χ0) is 23.4. The molecule has 8 nitrogen and oxygen atoms in total. The van der Waals surface area contributed by atoms with Gasteiger partial charge in [-0.05, 0) is 39.7 Å². The third-order valence-corrected chi connectivity index (χ3v) is 6.28. The minimum Gasteiger partial charge on any atom is -0.382 e. The second-order valence-corrected chi connectivity index (χ2v) is 9.49. The van der Waals surface area contributed by atoms with Crippen LogP contribution >= 0.6 is 0 Å². The Morgan fingerprint density at radius 3 is 2.70 bits per heavy atom. The number of hydrogen-bond acceptors (Lipinski definition) is 6. The summed E-state index contributed by atoms with van der Waals surface area (Å²) < 4.78 is 13.2. The number of nitrogens with two attached hydrogens (primary N) is 1. The van der Waals surface area contributed by atoms with Crippen LogP contribution in [0.4, 0.5) is 5.82 Å². The summed E-state index contributed by atoms with van der Waals surface area (Å²) in [7, 11) is 0. The molecule has 0 spiro atoms. The van der Waals surface area contributed by atoms with Gasteiger partial charge in [-0.3, -0.25) is 4.79 Å². The number of nitrogens with one attached hydrogen (secondary N) is 1. The van der Waals surface area contributed by atoms with E-state index in [1.807, 2.05) is 31.2 Å². The number of nitrogen functional groups attached to an aromatic ring is 1. The molecule has 1 aromatic carbocycles. The van der Waals surface area contributed by atoms with Gasteiger partial charge in [0.1, 0.15) is 24.7 Å². The minimum absolute atomic E-state index is 0.104. The van der Waals surface area contributed by atoms with E-state index in [0.29, 0.717) is 24.5 Å². The molecule has 1 saturated carbocycles. The fourth-order valence-corrected chi connectivity index (χ4v) is 4.70. The Morgan fingerprint density at radius 1 is 1.18 bits per heavy atom. The topological polar surface area (TPSA) is 104 Å². The molecule has 0 bridgehead atoms. The fourth-order valence-electron chi connectivity index (χ4n) is 4.70. The first-order valence-corrected chi connectivity index (χ1v) is 11.9. The molecule has 0 unspecified atom stereocenters. The SMILES string of the molecule is CCOCOCc1nc2c(N)nc3ccccc3c2n1CC(C)(C)NC(=O)C1CCCCC1. The fraction of sp³-hybridized carbons (Fsp3) is 0.560. The van der Waals surface area contributed by atoms with Gasteiger partial charge in [-0.15, -0.1) is 0 Å². The van der Waals surface area contributed by atoms with E-state index in [-0.39, 0.29) is 25.2 Å². The number of para-hydroxylation sites is 1. The van der Waals surface area contributed by atoms with Crippen molar-refractivity contribution in [3.8, 4) is 0 Å². The van der Waals surface area contributed by atoms with E-state index in [0.717, 1.165) is 47.9 Å². The van der Waals surface area contributed by atoms with E-state index >= 15 is 0 Å². The smallest absolute Gasteiger partial charge is 0.223 e. The molecule has 3 aromatic rings. The van der Waals surface area contributed by atoms with Crippen molar-refractivity contribution in [2.45, 2.75) is 71.6 Å². The molecule has 8 heteroatoms. The Balaban J connectivity index is 1.69. The summed E-state index contributed by atoms with van der Waals surface area (Å²) in [4.78, 5) is 22.3. The first-order chi connectivity index (χ1) is 15.9. The first kappa shape index (κ1) is 23.4. The summed E-state index contributed by atoms with van der Waals surface area (Å²) in [5, 5.41) is 4.27. The highest BCUT2D eigenvalue weighted by Crippen LogP contribution is 2.30. The molecule has 178 valence electrons. The number of nitrogens with zero attached hydrogens (tertiary/aromatic N) is 3. The van der Waals surface area contributed by atoms with Crippen LogP contribution in [-0.2, 0) is 27.4 Å². The monoisotopic (exact) mass is 453 g/mol. The Kier molecular flexibility index (Phi) is 7.14. The molecule has 1 aliphatic carbocycles. The molecule has 3 N–H and O–H groups in total. The molecule has 4 rings (SSSR count). The number of aromatic nitrogens is 3. The van der Waals surface area contributed by atoms with Crippen LogP contribution in [0.15, 0.2) is 24.3 Å². The lowest BCUT2D eigenvalue weighted by molar-refractivity contribution is -0.127. The van der Waals surface area contributed by atoms with Crippen LogP contribution in [0.2, 0.25) is 0 Å². The number of imidazole rings is 1. The summed E-state index contributed by atoms with van der Waals surface area (Å²) >= 11 is 0. The predicted molar refractivity (Wildman–Crippen MR) is 130 cm³/mol. The molecular formula is C25H35N5O3. The molecule has 0 radical (unpaired) electrons. The minimum atomic E-state index is -0.490. The van der Waals surface area contributed by atoms with E-state index in [9.17, 15) is 4.79 Å². The Labute approximate surface area is 194 Å². The number of amides is 1. The van der Waals surface area contributed by atoms with Crippen LogP contribution in [0, 0.1) is 5.92 Å². The maximum atomic E-state index is 13.0. The molecule has 2 heterocycles. The summed E-state index contributed by atoms with van der Waals surface area (Å²) in [5.41, 5.74) is 8.19. The number of rotatable bonds is 9. The molecule has 1 aliphatic rings. The van der Waals surface area contributed by atoms with Gasteiger partial charge >= 0.3 is 0 Å². The van der Waals surface area contributed by atoms with Gasteiger partial charge < -0.3 is 25.1 Å². The van der Waals surface area contributed by atoms with Crippen LogP contribution in [0.25, 0.3) is 21.9 Å². The van der Waals surface area contributed by atoms with Gasteiger partial charge in [0.2, 0.25) is 5.91 Å². The van der Waals surface area contributed by atoms with Gasteiger partial charge in [-0.25, -0.2) is 9.97 Å². The Bertz CT molecular complexity index is 1120. The van der Waals surface area contributed by atoms with E-state index in [1.54, 1.807) is 0 Å². The molecule has 1 fully saturated rings. The van der Waals surface area contributed by atoms with Crippen molar-refractivity contribution in [3.05, 3.63) is 30.1 Å². The number of carbonyl (C=O) groups excluding carboxylic acids is 1. The third kappa shape index (κ3) is 5.28. The average molecular weight is 454 g/mol. The number of hydrogen-bond donors (Lipinski definition) is 2. The molecule has 2 aromatic heterocycles. The number of carbonyl (C=O) groups is 1. The van der Waals surface area contributed by atoms with Crippen LogP contribution in [0.1, 0.15) is 58.7 Å². The standard InChI is InChI=1S/C25H35N5O3/c1-4-32-16-33-14-20-28-21-22(18-12-8-9-13-19(18)27-23(21)26)30(20)15-25(2,3)29-24(31)17-10-6-5-7-11-17/h8-9,12-13,17H,4-7,10-11,14-16H2,1-3H3,(H2,26,27)(H,29,31). The van der Waals surface area contributed by atoms with Crippen LogP contribution in [-0.4, -0.2) is 39.4 Å². The maximum absolute atomic E-state index is 13.0. The van der Waals surface area contributed by atoms with Gasteiger partial charge in [0.25, 0.3) is 0 Å². The lowest BCUT2D eigenvalue weighted by Gasteiger charge is -2.31. The highest BCUT2D eigenvalue weighted by molar-refractivity contribution is 6.06. The van der Waals surface area contributed by atoms with Crippen LogP contribution in [0.3, 0.4) is 0 Å². The van der Waals surface area contributed by atoms with Crippen LogP contribution < -0.4 is 11.1 Å². The van der Waals surface area contributed by atoms with Gasteiger partial charge in [-0.2, -0.15) is 0 Å². The van der Waals surface area contributed by atoms with Gasteiger partial charge in [0, 0.05) is 24.5 Å². The lowest BCUT2D eigenvalue weighted by atomic mass is 9.88. The van der Waals surface area contributed by atoms with Crippen molar-refractivity contribution < 1.29 is 14.3 Å². The van der Waals surface area contributed by atoms with Gasteiger partial charge in [0.05, 0.1) is 16.6 Å². The zero-order valence-electron chi connectivity index (χ0n) is 19.9. The first-order valence-electron chi connectivity index (χ1n) is 11.9. The quantitative estimate of drug-likeness (QED) is 0.372. The van der Waals surface area contributed by atoms with E-state index in [1.165, 1.54) is 6.42 Å². The molecular weight excluding hydrogens is 418 g/mol. The Hall–Kier alpha value is -2.71. The van der Waals surface area contributed by atoms with Crippen molar-refractivity contribution in [2.75, 3.05) is 19.1 Å². The van der Waals surface area contributed by atoms with E-state index in [2.05, 4.69) is 28.7 Å². The van der Waals surface area contributed by atoms with Gasteiger partial charge in [-0.1, -0.05) is 37.5 Å². The molecule has 0 aliphatic heterocycles.